The van der Waals surface area contributed by atoms with Crippen LogP contribution in [0.3, 0.4) is 0 Å². The number of nitrogens with zero attached hydrogens (tertiary/aromatic N) is 2. The molecule has 1 heterocycles. The summed E-state index contributed by atoms with van der Waals surface area (Å²) in [5.74, 6) is -0.232. The van der Waals surface area contributed by atoms with E-state index in [0.29, 0.717) is 17.6 Å². The Labute approximate surface area is 162 Å². The first-order chi connectivity index (χ1) is 12.5. The molecule has 0 radical (unpaired) electrons. The third-order valence-corrected chi connectivity index (χ3v) is 6.88. The van der Waals surface area contributed by atoms with Crippen LogP contribution in [0.15, 0.2) is 57.9 Å². The molecule has 0 spiro atoms. The number of sulfonamides is 1. The van der Waals surface area contributed by atoms with E-state index in [2.05, 4.69) is 30.5 Å². The topological polar surface area (TPSA) is 52.7 Å². The molecule has 1 fully saturated rings. The van der Waals surface area contributed by atoms with E-state index < -0.39 is 10.0 Å². The zero-order valence-electron chi connectivity index (χ0n) is 14.2. The molecule has 1 aliphatic heterocycles. The average molecular weight is 442 g/mol. The first kappa shape index (κ1) is 19.3. The lowest BCUT2D eigenvalue weighted by molar-refractivity contribution is 0.262. The van der Waals surface area contributed by atoms with Gasteiger partial charge in [-0.15, -0.1) is 0 Å². The van der Waals surface area contributed by atoms with Gasteiger partial charge < -0.3 is 4.90 Å². The molecule has 140 valence electrons. The molecule has 2 aromatic rings. The van der Waals surface area contributed by atoms with Crippen molar-refractivity contribution in [3.8, 4) is 0 Å². The average Bonchev–Trinajstić information content (AvgIpc) is 2.63. The Morgan fingerprint density at radius 1 is 1.00 bits per heavy atom. The number of halogens is 2. The SMILES string of the molecule is O=S(=O)(NCCN1CCN(c2ccc(F)cc2)CC1)c1ccccc1Br. The molecule has 1 aliphatic rings. The van der Waals surface area contributed by atoms with Crippen molar-refractivity contribution in [2.75, 3.05) is 44.2 Å². The van der Waals surface area contributed by atoms with Crippen LogP contribution in [-0.4, -0.2) is 52.6 Å². The van der Waals surface area contributed by atoms with Crippen LogP contribution in [0.4, 0.5) is 10.1 Å². The summed E-state index contributed by atoms with van der Waals surface area (Å²) in [5.41, 5.74) is 1.01. The van der Waals surface area contributed by atoms with Gasteiger partial charge >= 0.3 is 0 Å². The summed E-state index contributed by atoms with van der Waals surface area (Å²) in [6.07, 6.45) is 0. The second kappa shape index (κ2) is 8.47. The van der Waals surface area contributed by atoms with Gasteiger partial charge in [-0.3, -0.25) is 4.90 Å². The van der Waals surface area contributed by atoms with Gasteiger partial charge in [-0.1, -0.05) is 12.1 Å². The molecular formula is C18H21BrFN3O2S. The van der Waals surface area contributed by atoms with E-state index in [1.54, 1.807) is 36.4 Å². The lowest BCUT2D eigenvalue weighted by Crippen LogP contribution is -2.48. The molecule has 0 amide bonds. The highest BCUT2D eigenvalue weighted by atomic mass is 79.9. The molecule has 1 saturated heterocycles. The van der Waals surface area contributed by atoms with Crippen LogP contribution >= 0.6 is 15.9 Å². The highest BCUT2D eigenvalue weighted by Crippen LogP contribution is 2.21. The van der Waals surface area contributed by atoms with Gasteiger partial charge in [0.05, 0.1) is 4.90 Å². The molecule has 0 unspecified atom stereocenters. The van der Waals surface area contributed by atoms with Gasteiger partial charge in [-0.05, 0) is 52.3 Å². The van der Waals surface area contributed by atoms with Gasteiger partial charge in [0.2, 0.25) is 10.0 Å². The van der Waals surface area contributed by atoms with Gasteiger partial charge in [0, 0.05) is 49.4 Å². The lowest BCUT2D eigenvalue weighted by Gasteiger charge is -2.36. The fourth-order valence-electron chi connectivity index (χ4n) is 2.96. The molecule has 26 heavy (non-hydrogen) atoms. The Morgan fingerprint density at radius 2 is 1.65 bits per heavy atom. The fourth-order valence-corrected chi connectivity index (χ4v) is 4.98. The van der Waals surface area contributed by atoms with Crippen molar-refractivity contribution in [2.45, 2.75) is 4.90 Å². The predicted octanol–water partition coefficient (Wildman–Crippen LogP) is 2.69. The van der Waals surface area contributed by atoms with Crippen LogP contribution in [0.25, 0.3) is 0 Å². The molecule has 1 N–H and O–H groups in total. The second-order valence-electron chi connectivity index (χ2n) is 6.13. The molecule has 5 nitrogen and oxygen atoms in total. The Morgan fingerprint density at radius 3 is 2.31 bits per heavy atom. The number of piperazine rings is 1. The smallest absolute Gasteiger partial charge is 0.241 e. The normalized spacial score (nSPS) is 16.0. The van der Waals surface area contributed by atoms with E-state index in [-0.39, 0.29) is 10.7 Å². The van der Waals surface area contributed by atoms with Crippen molar-refractivity contribution < 1.29 is 12.8 Å². The van der Waals surface area contributed by atoms with Crippen molar-refractivity contribution in [2.24, 2.45) is 0 Å². The molecular weight excluding hydrogens is 421 g/mol. The number of rotatable bonds is 6. The first-order valence-electron chi connectivity index (χ1n) is 8.43. The highest BCUT2D eigenvalue weighted by Gasteiger charge is 2.19. The van der Waals surface area contributed by atoms with Crippen LogP contribution in [0, 0.1) is 5.82 Å². The quantitative estimate of drug-likeness (QED) is 0.748. The van der Waals surface area contributed by atoms with Crippen LogP contribution in [0.1, 0.15) is 0 Å². The molecule has 0 aromatic heterocycles. The van der Waals surface area contributed by atoms with Crippen molar-refractivity contribution in [3.63, 3.8) is 0 Å². The van der Waals surface area contributed by atoms with E-state index in [4.69, 9.17) is 0 Å². The van der Waals surface area contributed by atoms with E-state index >= 15 is 0 Å². The van der Waals surface area contributed by atoms with Crippen molar-refractivity contribution >= 4 is 31.6 Å². The second-order valence-corrected chi connectivity index (χ2v) is 8.72. The summed E-state index contributed by atoms with van der Waals surface area (Å²) in [6, 6.07) is 13.3. The molecule has 0 atom stereocenters. The van der Waals surface area contributed by atoms with Gasteiger partial charge in [-0.2, -0.15) is 0 Å². The van der Waals surface area contributed by atoms with Crippen molar-refractivity contribution in [1.82, 2.24) is 9.62 Å². The zero-order valence-corrected chi connectivity index (χ0v) is 16.6. The third-order valence-electron chi connectivity index (χ3n) is 4.41. The minimum atomic E-state index is -3.52. The summed E-state index contributed by atoms with van der Waals surface area (Å²) in [5, 5.41) is 0. The summed E-state index contributed by atoms with van der Waals surface area (Å²) >= 11 is 3.28. The summed E-state index contributed by atoms with van der Waals surface area (Å²) < 4.78 is 40.9. The monoisotopic (exact) mass is 441 g/mol. The zero-order chi connectivity index (χ0) is 18.6. The van der Waals surface area contributed by atoms with Crippen LogP contribution in [0.5, 0.6) is 0 Å². The number of benzene rings is 2. The fraction of sp³-hybridized carbons (Fsp3) is 0.333. The molecule has 2 aromatic carbocycles. The summed E-state index contributed by atoms with van der Waals surface area (Å²) in [4.78, 5) is 4.69. The van der Waals surface area contributed by atoms with Crippen LogP contribution in [-0.2, 0) is 10.0 Å². The lowest BCUT2D eigenvalue weighted by atomic mass is 10.2. The summed E-state index contributed by atoms with van der Waals surface area (Å²) in [7, 11) is -3.52. The van der Waals surface area contributed by atoms with E-state index in [1.807, 2.05) is 0 Å². The maximum atomic E-state index is 13.0. The Hall–Kier alpha value is -1.48. The number of hydrogen-bond acceptors (Lipinski definition) is 4. The predicted molar refractivity (Wildman–Crippen MR) is 104 cm³/mol. The van der Waals surface area contributed by atoms with Gasteiger partial charge in [0.1, 0.15) is 5.82 Å². The Bertz CT molecular complexity index is 838. The Balaban J connectivity index is 1.47. The van der Waals surface area contributed by atoms with E-state index in [0.717, 1.165) is 31.9 Å². The molecule has 0 aliphatic carbocycles. The minimum Gasteiger partial charge on any atom is -0.369 e. The number of nitrogens with one attached hydrogen (secondary N) is 1. The maximum Gasteiger partial charge on any atom is 0.241 e. The number of anilines is 1. The standard InChI is InChI=1S/C18H21BrFN3O2S/c19-17-3-1-2-4-18(17)26(24,25)21-9-10-22-11-13-23(14-12-22)16-7-5-15(20)6-8-16/h1-8,21H,9-14H2. The van der Waals surface area contributed by atoms with Crippen LogP contribution in [0.2, 0.25) is 0 Å². The Kier molecular flexibility index (Phi) is 6.29. The van der Waals surface area contributed by atoms with Gasteiger partial charge in [0.25, 0.3) is 0 Å². The van der Waals surface area contributed by atoms with E-state index in [9.17, 15) is 12.8 Å². The molecule has 0 bridgehead atoms. The van der Waals surface area contributed by atoms with Gasteiger partial charge in [0.15, 0.2) is 0 Å². The maximum absolute atomic E-state index is 13.0. The molecule has 0 saturated carbocycles. The third kappa shape index (κ3) is 4.82. The minimum absolute atomic E-state index is 0.232. The number of hydrogen-bond donors (Lipinski definition) is 1. The molecule has 3 rings (SSSR count). The van der Waals surface area contributed by atoms with Crippen molar-refractivity contribution in [1.29, 1.82) is 0 Å². The largest absolute Gasteiger partial charge is 0.369 e. The van der Waals surface area contributed by atoms with Crippen LogP contribution < -0.4 is 9.62 Å². The van der Waals surface area contributed by atoms with Crippen molar-refractivity contribution in [3.05, 3.63) is 58.8 Å². The summed E-state index contributed by atoms with van der Waals surface area (Å²) in [6.45, 7) is 4.37. The highest BCUT2D eigenvalue weighted by molar-refractivity contribution is 9.10. The molecule has 8 heteroatoms. The van der Waals surface area contributed by atoms with E-state index in [1.165, 1.54) is 12.1 Å². The first-order valence-corrected chi connectivity index (χ1v) is 10.7. The van der Waals surface area contributed by atoms with Gasteiger partial charge in [-0.25, -0.2) is 17.5 Å².